The summed E-state index contributed by atoms with van der Waals surface area (Å²) in [4.78, 5) is 24.4. The molecule has 1 aromatic carbocycles. The molecule has 5 heteroatoms. The van der Waals surface area contributed by atoms with Crippen molar-refractivity contribution in [1.29, 1.82) is 0 Å². The second-order valence-corrected chi connectivity index (χ2v) is 5.97. The summed E-state index contributed by atoms with van der Waals surface area (Å²) < 4.78 is 10.0. The van der Waals surface area contributed by atoms with Gasteiger partial charge in [0.1, 0.15) is 11.8 Å². The fourth-order valence-electron chi connectivity index (χ4n) is 3.03. The van der Waals surface area contributed by atoms with Crippen molar-refractivity contribution in [2.45, 2.75) is 44.6 Å². The molecule has 1 N–H and O–H groups in total. The number of carbonyl (C=O) groups is 2. The SMILES string of the molecule is COC(=O)[C@H](Cc1cccc(OC)c1)NC(=O)C1CCCCC1. The first kappa shape index (κ1) is 17.3. The van der Waals surface area contributed by atoms with Crippen molar-refractivity contribution >= 4 is 11.9 Å². The fourth-order valence-corrected chi connectivity index (χ4v) is 3.03. The number of benzene rings is 1. The molecule has 1 atom stereocenters. The maximum absolute atomic E-state index is 12.4. The summed E-state index contributed by atoms with van der Waals surface area (Å²) in [5.41, 5.74) is 0.920. The van der Waals surface area contributed by atoms with Gasteiger partial charge in [-0.15, -0.1) is 0 Å². The molecule has 0 radical (unpaired) electrons. The molecule has 1 amide bonds. The van der Waals surface area contributed by atoms with E-state index in [-0.39, 0.29) is 11.8 Å². The van der Waals surface area contributed by atoms with E-state index < -0.39 is 12.0 Å². The van der Waals surface area contributed by atoms with Crippen molar-refractivity contribution in [2.24, 2.45) is 5.92 Å². The lowest BCUT2D eigenvalue weighted by atomic mass is 9.88. The Morgan fingerprint density at radius 1 is 1.22 bits per heavy atom. The average molecular weight is 319 g/mol. The van der Waals surface area contributed by atoms with Gasteiger partial charge < -0.3 is 14.8 Å². The number of rotatable bonds is 6. The third-order valence-electron chi connectivity index (χ3n) is 4.35. The van der Waals surface area contributed by atoms with Crippen molar-refractivity contribution < 1.29 is 19.1 Å². The molecule has 1 aliphatic rings. The molecule has 0 heterocycles. The Labute approximate surface area is 137 Å². The van der Waals surface area contributed by atoms with Crippen LogP contribution in [0.2, 0.25) is 0 Å². The summed E-state index contributed by atoms with van der Waals surface area (Å²) in [5.74, 6) is 0.283. The molecule has 0 saturated heterocycles. The van der Waals surface area contributed by atoms with Gasteiger partial charge in [0.2, 0.25) is 5.91 Å². The molecule has 0 aromatic heterocycles. The van der Waals surface area contributed by atoms with Crippen LogP contribution in [-0.2, 0) is 20.7 Å². The molecule has 0 bridgehead atoms. The third-order valence-corrected chi connectivity index (χ3v) is 4.35. The molecule has 1 aliphatic carbocycles. The van der Waals surface area contributed by atoms with Gasteiger partial charge in [-0.2, -0.15) is 0 Å². The normalized spacial score (nSPS) is 16.4. The highest BCUT2D eigenvalue weighted by Gasteiger charge is 2.27. The lowest BCUT2D eigenvalue weighted by molar-refractivity contribution is -0.145. The van der Waals surface area contributed by atoms with Crippen molar-refractivity contribution in [2.75, 3.05) is 14.2 Å². The van der Waals surface area contributed by atoms with E-state index in [9.17, 15) is 9.59 Å². The van der Waals surface area contributed by atoms with E-state index >= 15 is 0 Å². The zero-order valence-electron chi connectivity index (χ0n) is 13.8. The zero-order chi connectivity index (χ0) is 16.7. The number of ether oxygens (including phenoxy) is 2. The first-order chi connectivity index (χ1) is 11.1. The predicted molar refractivity (Wildman–Crippen MR) is 87.2 cm³/mol. The van der Waals surface area contributed by atoms with Gasteiger partial charge in [-0.05, 0) is 30.5 Å². The molecule has 0 unspecified atom stereocenters. The highest BCUT2D eigenvalue weighted by Crippen LogP contribution is 2.24. The van der Waals surface area contributed by atoms with E-state index in [0.29, 0.717) is 6.42 Å². The highest BCUT2D eigenvalue weighted by atomic mass is 16.5. The lowest BCUT2D eigenvalue weighted by Crippen LogP contribution is -2.45. The van der Waals surface area contributed by atoms with E-state index in [2.05, 4.69) is 5.32 Å². The minimum atomic E-state index is -0.665. The van der Waals surface area contributed by atoms with Crippen LogP contribution in [0.4, 0.5) is 0 Å². The largest absolute Gasteiger partial charge is 0.497 e. The highest BCUT2D eigenvalue weighted by molar-refractivity contribution is 5.86. The van der Waals surface area contributed by atoms with E-state index in [0.717, 1.165) is 37.0 Å². The molecule has 1 fully saturated rings. The topological polar surface area (TPSA) is 64.6 Å². The van der Waals surface area contributed by atoms with Gasteiger partial charge in [0, 0.05) is 12.3 Å². The van der Waals surface area contributed by atoms with Crippen LogP contribution in [0.15, 0.2) is 24.3 Å². The number of amides is 1. The number of nitrogens with one attached hydrogen (secondary N) is 1. The Kier molecular flexibility index (Phi) is 6.44. The van der Waals surface area contributed by atoms with Gasteiger partial charge in [-0.1, -0.05) is 31.4 Å². The van der Waals surface area contributed by atoms with Crippen molar-refractivity contribution in [1.82, 2.24) is 5.32 Å². The molecule has 126 valence electrons. The van der Waals surface area contributed by atoms with Crippen LogP contribution in [0, 0.1) is 5.92 Å². The van der Waals surface area contributed by atoms with E-state index in [1.807, 2.05) is 24.3 Å². The molecule has 1 aromatic rings. The first-order valence-electron chi connectivity index (χ1n) is 8.15. The number of carbonyl (C=O) groups excluding carboxylic acids is 2. The number of hydrogen-bond acceptors (Lipinski definition) is 4. The molecule has 0 aliphatic heterocycles. The van der Waals surface area contributed by atoms with Crippen LogP contribution in [0.25, 0.3) is 0 Å². The molecular weight excluding hydrogens is 294 g/mol. The van der Waals surface area contributed by atoms with Gasteiger partial charge in [0.15, 0.2) is 0 Å². The van der Waals surface area contributed by atoms with Gasteiger partial charge in [-0.3, -0.25) is 4.79 Å². The monoisotopic (exact) mass is 319 g/mol. The van der Waals surface area contributed by atoms with Crippen molar-refractivity contribution in [3.63, 3.8) is 0 Å². The fraction of sp³-hybridized carbons (Fsp3) is 0.556. The smallest absolute Gasteiger partial charge is 0.328 e. The summed E-state index contributed by atoms with van der Waals surface area (Å²) in [6.07, 6.45) is 5.54. The Bertz CT molecular complexity index is 538. The standard InChI is InChI=1S/C18H25NO4/c1-22-15-10-6-7-13(11-15)12-16(18(21)23-2)19-17(20)14-8-4-3-5-9-14/h6-7,10-11,14,16H,3-5,8-9,12H2,1-2H3,(H,19,20)/t16-/m0/s1. The maximum Gasteiger partial charge on any atom is 0.328 e. The molecule has 23 heavy (non-hydrogen) atoms. The lowest BCUT2D eigenvalue weighted by Gasteiger charge is -2.24. The van der Waals surface area contributed by atoms with E-state index in [1.54, 1.807) is 7.11 Å². The van der Waals surface area contributed by atoms with Crippen molar-refractivity contribution in [3.8, 4) is 5.75 Å². The average Bonchev–Trinajstić information content (AvgIpc) is 2.61. The van der Waals surface area contributed by atoms with Crippen LogP contribution in [0.5, 0.6) is 5.75 Å². The van der Waals surface area contributed by atoms with E-state index in [4.69, 9.17) is 9.47 Å². The summed E-state index contributed by atoms with van der Waals surface area (Å²) in [7, 11) is 2.94. The summed E-state index contributed by atoms with van der Waals surface area (Å²) in [5, 5.41) is 2.87. The van der Waals surface area contributed by atoms with Crippen LogP contribution in [0.3, 0.4) is 0 Å². The number of hydrogen-bond donors (Lipinski definition) is 1. The van der Waals surface area contributed by atoms with Crippen molar-refractivity contribution in [3.05, 3.63) is 29.8 Å². The summed E-state index contributed by atoms with van der Waals surface area (Å²) in [6, 6.07) is 6.82. The minimum Gasteiger partial charge on any atom is -0.497 e. The Hall–Kier alpha value is -2.04. The summed E-state index contributed by atoms with van der Waals surface area (Å²) in [6.45, 7) is 0. The predicted octanol–water partition coefficient (Wildman–Crippen LogP) is 2.48. The van der Waals surface area contributed by atoms with Crippen LogP contribution in [-0.4, -0.2) is 32.1 Å². The zero-order valence-corrected chi connectivity index (χ0v) is 13.8. The van der Waals surface area contributed by atoms with Crippen LogP contribution < -0.4 is 10.1 Å². The van der Waals surface area contributed by atoms with Gasteiger partial charge in [-0.25, -0.2) is 4.79 Å². The number of methoxy groups -OCH3 is 2. The Morgan fingerprint density at radius 2 is 1.96 bits per heavy atom. The Morgan fingerprint density at radius 3 is 2.61 bits per heavy atom. The van der Waals surface area contributed by atoms with E-state index in [1.165, 1.54) is 13.5 Å². The quantitative estimate of drug-likeness (QED) is 0.818. The number of esters is 1. The second-order valence-electron chi connectivity index (χ2n) is 5.97. The van der Waals surface area contributed by atoms with Crippen LogP contribution >= 0.6 is 0 Å². The molecule has 1 saturated carbocycles. The molecule has 5 nitrogen and oxygen atoms in total. The third kappa shape index (κ3) is 4.98. The Balaban J connectivity index is 2.04. The minimum absolute atomic E-state index is 0.0150. The van der Waals surface area contributed by atoms with Crippen LogP contribution in [0.1, 0.15) is 37.7 Å². The van der Waals surface area contributed by atoms with Gasteiger partial charge in [0.05, 0.1) is 14.2 Å². The summed E-state index contributed by atoms with van der Waals surface area (Å²) >= 11 is 0. The molecule has 2 rings (SSSR count). The molecule has 0 spiro atoms. The second kappa shape index (κ2) is 8.56. The first-order valence-corrected chi connectivity index (χ1v) is 8.15. The van der Waals surface area contributed by atoms with Gasteiger partial charge in [0.25, 0.3) is 0 Å². The maximum atomic E-state index is 12.4. The van der Waals surface area contributed by atoms with Gasteiger partial charge >= 0.3 is 5.97 Å². The molecular formula is C18H25NO4.